The second kappa shape index (κ2) is 3.35. The van der Waals surface area contributed by atoms with E-state index in [0.29, 0.717) is 0 Å². The second-order valence-electron chi connectivity index (χ2n) is 3.58. The van der Waals surface area contributed by atoms with E-state index in [2.05, 4.69) is 6.58 Å². The molecule has 1 aromatic rings. The summed E-state index contributed by atoms with van der Waals surface area (Å²) in [4.78, 5) is 15.8. The maximum absolute atomic E-state index is 12.0. The number of allylic oxidation sites excluding steroid dienone is 1. The smallest absolute Gasteiger partial charge is 0.260 e. The monoisotopic (exact) mass is 219 g/mol. The zero-order valence-corrected chi connectivity index (χ0v) is 9.94. The molecule has 78 valence electrons. The van der Waals surface area contributed by atoms with Gasteiger partial charge in [-0.1, -0.05) is 12.7 Å². The van der Waals surface area contributed by atoms with Crippen LogP contribution in [0, 0.1) is 6.92 Å². The average molecular weight is 219 g/mol. The van der Waals surface area contributed by atoms with E-state index >= 15 is 0 Å². The van der Waals surface area contributed by atoms with Crippen LogP contribution < -0.4 is 0 Å². The van der Waals surface area contributed by atoms with Crippen LogP contribution in [-0.4, -0.2) is 17.9 Å². The molecule has 0 aromatic carbocycles. The van der Waals surface area contributed by atoms with Crippen LogP contribution >= 0.6 is 11.3 Å². The van der Waals surface area contributed by atoms with Crippen LogP contribution in [0.2, 0.25) is 0 Å². The number of amides is 1. The van der Waals surface area contributed by atoms with Crippen molar-refractivity contribution in [3.8, 4) is 0 Å². The van der Waals surface area contributed by atoms with Crippen LogP contribution in [0.3, 0.4) is 0 Å². The number of hydrogen-bond acceptors (Lipinski definition) is 2. The second-order valence-corrected chi connectivity index (χ2v) is 4.84. The average Bonchev–Trinajstić information content (AvgIpc) is 2.62. The Bertz CT molecular complexity index is 482. The fourth-order valence-electron chi connectivity index (χ4n) is 1.85. The van der Waals surface area contributed by atoms with Gasteiger partial charge in [0.15, 0.2) is 0 Å². The Balaban J connectivity index is 2.70. The van der Waals surface area contributed by atoms with Gasteiger partial charge in [-0.15, -0.1) is 11.3 Å². The molecule has 0 aliphatic carbocycles. The molecule has 0 atom stereocenters. The lowest BCUT2D eigenvalue weighted by molar-refractivity contribution is 0.0875. The minimum absolute atomic E-state index is 0.0625. The lowest BCUT2D eigenvalue weighted by atomic mass is 10.1. The molecule has 0 N–H and O–H groups in total. The normalized spacial score (nSPS) is 15.5. The Morgan fingerprint density at radius 2 is 2.07 bits per heavy atom. The number of rotatable bonds is 1. The Hall–Kier alpha value is -1.35. The van der Waals surface area contributed by atoms with Gasteiger partial charge in [-0.3, -0.25) is 4.79 Å². The number of carbonyl (C=O) groups excluding carboxylic acids is 1. The molecule has 1 aromatic heterocycles. The summed E-state index contributed by atoms with van der Waals surface area (Å²) in [5.74, 6) is 0.0625. The van der Waals surface area contributed by atoms with Crippen molar-refractivity contribution in [2.45, 2.75) is 13.8 Å². The summed E-state index contributed by atoms with van der Waals surface area (Å²) >= 11 is 1.66. The molecule has 15 heavy (non-hydrogen) atoms. The van der Waals surface area contributed by atoms with E-state index in [1.165, 1.54) is 4.88 Å². The third-order valence-corrected chi connectivity index (χ3v) is 3.71. The Morgan fingerprint density at radius 3 is 2.67 bits per heavy atom. The van der Waals surface area contributed by atoms with Crippen molar-refractivity contribution >= 4 is 29.0 Å². The first-order chi connectivity index (χ1) is 7.07. The molecule has 0 unspecified atom stereocenters. The Kier molecular flexibility index (Phi) is 2.27. The van der Waals surface area contributed by atoms with Gasteiger partial charge in [-0.05, 0) is 19.9 Å². The summed E-state index contributed by atoms with van der Waals surface area (Å²) in [6, 6.07) is 0. The van der Waals surface area contributed by atoms with Crippen molar-refractivity contribution in [3.63, 3.8) is 0 Å². The molecule has 2 rings (SSSR count). The topological polar surface area (TPSA) is 20.3 Å². The molecule has 0 spiro atoms. The minimum Gasteiger partial charge on any atom is -0.311 e. The van der Waals surface area contributed by atoms with E-state index in [1.807, 2.05) is 26.0 Å². The molecular formula is C12H13NOS. The summed E-state index contributed by atoms with van der Waals surface area (Å²) in [5, 5.41) is 0. The quantitative estimate of drug-likeness (QED) is 0.710. The van der Waals surface area contributed by atoms with E-state index in [4.69, 9.17) is 0 Å². The van der Waals surface area contributed by atoms with Gasteiger partial charge in [0.2, 0.25) is 0 Å². The van der Waals surface area contributed by atoms with E-state index in [0.717, 1.165) is 21.7 Å². The maximum atomic E-state index is 12.0. The van der Waals surface area contributed by atoms with Gasteiger partial charge in [0, 0.05) is 28.1 Å². The SMILES string of the molecule is C=C1c2c(C)sc(/C=C/C)c2C(=O)N1C. The van der Waals surface area contributed by atoms with E-state index < -0.39 is 0 Å². The molecular weight excluding hydrogens is 206 g/mol. The highest BCUT2D eigenvalue weighted by atomic mass is 32.1. The number of hydrogen-bond donors (Lipinski definition) is 0. The largest absolute Gasteiger partial charge is 0.311 e. The van der Waals surface area contributed by atoms with Crippen LogP contribution in [0.5, 0.6) is 0 Å². The van der Waals surface area contributed by atoms with Gasteiger partial charge in [0.25, 0.3) is 5.91 Å². The van der Waals surface area contributed by atoms with Gasteiger partial charge in [-0.2, -0.15) is 0 Å². The molecule has 2 heterocycles. The summed E-state index contributed by atoms with van der Waals surface area (Å²) in [7, 11) is 1.77. The van der Waals surface area contributed by atoms with E-state index in [-0.39, 0.29) is 5.91 Å². The zero-order valence-electron chi connectivity index (χ0n) is 9.13. The fraction of sp³-hybridized carbons (Fsp3) is 0.250. The van der Waals surface area contributed by atoms with Crippen LogP contribution in [0.15, 0.2) is 12.7 Å². The van der Waals surface area contributed by atoms with Crippen molar-refractivity contribution in [1.29, 1.82) is 0 Å². The Labute approximate surface area is 93.5 Å². The van der Waals surface area contributed by atoms with Crippen molar-refractivity contribution in [2.75, 3.05) is 7.05 Å². The first-order valence-corrected chi connectivity index (χ1v) is 5.63. The van der Waals surface area contributed by atoms with Gasteiger partial charge < -0.3 is 4.90 Å². The van der Waals surface area contributed by atoms with E-state index in [1.54, 1.807) is 23.3 Å². The Morgan fingerprint density at radius 1 is 1.40 bits per heavy atom. The van der Waals surface area contributed by atoms with Crippen molar-refractivity contribution in [2.24, 2.45) is 0 Å². The van der Waals surface area contributed by atoms with Gasteiger partial charge in [0.1, 0.15) is 0 Å². The number of aryl methyl sites for hydroxylation is 1. The molecule has 2 nitrogen and oxygen atoms in total. The van der Waals surface area contributed by atoms with Gasteiger partial charge >= 0.3 is 0 Å². The molecule has 0 saturated heterocycles. The standard InChI is InChI=1S/C12H13NOS/c1-5-6-9-11-10(8(3)15-9)7(2)13(4)12(11)14/h5-6H,2H2,1,3-4H3/b6-5+. The first kappa shape index (κ1) is 10.2. The van der Waals surface area contributed by atoms with Gasteiger partial charge in [-0.25, -0.2) is 0 Å². The third-order valence-electron chi connectivity index (χ3n) is 2.64. The highest BCUT2D eigenvalue weighted by Gasteiger charge is 2.33. The fourth-order valence-corrected chi connectivity index (χ4v) is 3.00. The minimum atomic E-state index is 0.0625. The maximum Gasteiger partial charge on any atom is 0.260 e. The highest BCUT2D eigenvalue weighted by molar-refractivity contribution is 7.13. The molecule has 1 aliphatic heterocycles. The third kappa shape index (κ3) is 1.27. The molecule has 0 bridgehead atoms. The van der Waals surface area contributed by atoms with Crippen LogP contribution in [0.1, 0.15) is 32.6 Å². The molecule has 0 fully saturated rings. The van der Waals surface area contributed by atoms with Crippen LogP contribution in [0.25, 0.3) is 11.8 Å². The van der Waals surface area contributed by atoms with Gasteiger partial charge in [0.05, 0.1) is 5.56 Å². The van der Waals surface area contributed by atoms with Crippen molar-refractivity contribution in [3.05, 3.63) is 33.5 Å². The molecule has 1 amide bonds. The summed E-state index contributed by atoms with van der Waals surface area (Å²) in [6.45, 7) is 7.94. The zero-order chi connectivity index (χ0) is 11.2. The molecule has 3 heteroatoms. The van der Waals surface area contributed by atoms with Crippen LogP contribution in [-0.2, 0) is 0 Å². The number of nitrogens with zero attached hydrogens (tertiary/aromatic N) is 1. The highest BCUT2D eigenvalue weighted by Crippen LogP contribution is 2.40. The van der Waals surface area contributed by atoms with Crippen LogP contribution in [0.4, 0.5) is 0 Å². The van der Waals surface area contributed by atoms with Crippen molar-refractivity contribution < 1.29 is 4.79 Å². The first-order valence-electron chi connectivity index (χ1n) is 4.81. The van der Waals surface area contributed by atoms with E-state index in [9.17, 15) is 4.79 Å². The molecule has 0 saturated carbocycles. The summed E-state index contributed by atoms with van der Waals surface area (Å²) < 4.78 is 0. The number of thiophene rings is 1. The number of carbonyl (C=O) groups is 1. The predicted octanol–water partition coefficient (Wildman–Crippen LogP) is 3.15. The summed E-state index contributed by atoms with van der Waals surface area (Å²) in [6.07, 6.45) is 3.95. The molecule has 0 radical (unpaired) electrons. The molecule has 1 aliphatic rings. The predicted molar refractivity (Wildman–Crippen MR) is 64.9 cm³/mol. The van der Waals surface area contributed by atoms with Crippen molar-refractivity contribution in [1.82, 2.24) is 4.90 Å². The summed E-state index contributed by atoms with van der Waals surface area (Å²) in [5.41, 5.74) is 2.67. The lowest BCUT2D eigenvalue weighted by Gasteiger charge is -2.09. The lowest BCUT2D eigenvalue weighted by Crippen LogP contribution is -2.17. The number of fused-ring (bicyclic) bond motifs is 1.